The molecule has 3 nitrogen and oxygen atoms in total. The number of carbonyl (C=O) groups excluding carboxylic acids is 1. The Morgan fingerprint density at radius 3 is 2.47 bits per heavy atom. The van der Waals surface area contributed by atoms with Gasteiger partial charge in [-0.15, -0.1) is 0 Å². The van der Waals surface area contributed by atoms with E-state index in [1.807, 2.05) is 48.7 Å². The van der Waals surface area contributed by atoms with E-state index in [1.54, 1.807) is 12.1 Å². The fraction of sp³-hybridized carbons (Fsp3) is 0. The number of nitrogens with two attached hydrogens (primary N) is 1. The zero-order valence-electron chi connectivity index (χ0n) is 10.2. The average Bonchev–Trinajstić information content (AvgIpc) is 2.47. The molecule has 3 rings (SSSR count). The Morgan fingerprint density at radius 2 is 1.74 bits per heavy atom. The second-order valence-electron chi connectivity index (χ2n) is 4.33. The molecule has 0 radical (unpaired) electrons. The summed E-state index contributed by atoms with van der Waals surface area (Å²) in [5.74, 6) is -0.433. The molecule has 0 aliphatic rings. The van der Waals surface area contributed by atoms with Crippen LogP contribution in [0.25, 0.3) is 22.0 Å². The summed E-state index contributed by atoms with van der Waals surface area (Å²) in [6.45, 7) is 0. The predicted octanol–water partition coefficient (Wildman–Crippen LogP) is 3.00. The van der Waals surface area contributed by atoms with E-state index in [9.17, 15) is 4.79 Å². The average molecular weight is 248 g/mol. The maximum atomic E-state index is 11.5. The molecule has 3 aromatic rings. The minimum absolute atomic E-state index is 0.433. The molecule has 0 saturated carbocycles. The molecule has 92 valence electrons. The first-order chi connectivity index (χ1) is 9.25. The van der Waals surface area contributed by atoms with Crippen LogP contribution in [-0.4, -0.2) is 10.9 Å². The van der Waals surface area contributed by atoms with Crippen molar-refractivity contribution in [3.63, 3.8) is 0 Å². The van der Waals surface area contributed by atoms with Gasteiger partial charge in [-0.1, -0.05) is 36.4 Å². The SMILES string of the molecule is NC(=O)c1cccc2ncc(-c3ccccc3)cc12. The molecule has 0 unspecified atom stereocenters. The number of carbonyl (C=O) groups is 1. The molecule has 0 saturated heterocycles. The topological polar surface area (TPSA) is 56.0 Å². The number of hydrogen-bond acceptors (Lipinski definition) is 2. The molecule has 1 heterocycles. The number of fused-ring (bicyclic) bond motifs is 1. The van der Waals surface area contributed by atoms with Gasteiger partial charge in [0.25, 0.3) is 0 Å². The zero-order valence-corrected chi connectivity index (χ0v) is 10.2. The Morgan fingerprint density at radius 1 is 0.947 bits per heavy atom. The van der Waals surface area contributed by atoms with Crippen LogP contribution in [0, 0.1) is 0 Å². The molecule has 3 heteroatoms. The molecule has 1 amide bonds. The third-order valence-electron chi connectivity index (χ3n) is 3.10. The number of nitrogens with zero attached hydrogens (tertiary/aromatic N) is 1. The molecule has 2 N–H and O–H groups in total. The summed E-state index contributed by atoms with van der Waals surface area (Å²) >= 11 is 0. The molecule has 0 fully saturated rings. The Bertz CT molecular complexity index is 751. The third kappa shape index (κ3) is 2.06. The van der Waals surface area contributed by atoms with E-state index in [-0.39, 0.29) is 0 Å². The van der Waals surface area contributed by atoms with Gasteiger partial charge in [0, 0.05) is 22.7 Å². The maximum absolute atomic E-state index is 11.5. The van der Waals surface area contributed by atoms with E-state index < -0.39 is 5.91 Å². The number of hydrogen-bond donors (Lipinski definition) is 1. The molecule has 1 aromatic heterocycles. The predicted molar refractivity (Wildman–Crippen MR) is 75.7 cm³/mol. The summed E-state index contributed by atoms with van der Waals surface area (Å²) in [6.07, 6.45) is 1.81. The Hall–Kier alpha value is -2.68. The number of rotatable bonds is 2. The van der Waals surface area contributed by atoms with Gasteiger partial charge in [0.1, 0.15) is 0 Å². The summed E-state index contributed by atoms with van der Waals surface area (Å²) in [6, 6.07) is 17.3. The van der Waals surface area contributed by atoms with Crippen LogP contribution in [0.2, 0.25) is 0 Å². The molecular formula is C16H12N2O. The third-order valence-corrected chi connectivity index (χ3v) is 3.10. The lowest BCUT2D eigenvalue weighted by molar-refractivity contribution is 0.100. The van der Waals surface area contributed by atoms with Crippen LogP contribution in [0.4, 0.5) is 0 Å². The van der Waals surface area contributed by atoms with Crippen LogP contribution in [0.1, 0.15) is 10.4 Å². The van der Waals surface area contributed by atoms with Crippen molar-refractivity contribution in [1.82, 2.24) is 4.98 Å². The Kier molecular flexibility index (Phi) is 2.72. The van der Waals surface area contributed by atoms with Crippen molar-refractivity contribution in [2.75, 3.05) is 0 Å². The molecule has 0 atom stereocenters. The van der Waals surface area contributed by atoms with Crippen molar-refractivity contribution in [3.8, 4) is 11.1 Å². The highest BCUT2D eigenvalue weighted by Gasteiger charge is 2.08. The molecule has 0 aliphatic carbocycles. The minimum atomic E-state index is -0.433. The summed E-state index contributed by atoms with van der Waals surface area (Å²) in [5.41, 5.74) is 8.72. The second-order valence-corrected chi connectivity index (χ2v) is 4.33. The van der Waals surface area contributed by atoms with Crippen LogP contribution in [0.3, 0.4) is 0 Å². The lowest BCUT2D eigenvalue weighted by Crippen LogP contribution is -2.11. The van der Waals surface area contributed by atoms with Crippen molar-refractivity contribution < 1.29 is 4.79 Å². The molecule has 0 spiro atoms. The zero-order chi connectivity index (χ0) is 13.2. The lowest BCUT2D eigenvalue weighted by Gasteiger charge is -2.06. The van der Waals surface area contributed by atoms with E-state index in [2.05, 4.69) is 4.98 Å². The Labute approximate surface area is 110 Å². The molecular weight excluding hydrogens is 236 g/mol. The van der Waals surface area contributed by atoms with E-state index >= 15 is 0 Å². The number of aromatic nitrogens is 1. The van der Waals surface area contributed by atoms with Gasteiger partial charge in [0.05, 0.1) is 5.52 Å². The first-order valence-electron chi connectivity index (χ1n) is 6.00. The first kappa shape index (κ1) is 11.4. The van der Waals surface area contributed by atoms with Crippen molar-refractivity contribution in [1.29, 1.82) is 0 Å². The summed E-state index contributed by atoms with van der Waals surface area (Å²) < 4.78 is 0. The van der Waals surface area contributed by atoms with Gasteiger partial charge in [-0.25, -0.2) is 0 Å². The van der Waals surface area contributed by atoms with Gasteiger partial charge in [-0.3, -0.25) is 9.78 Å². The quantitative estimate of drug-likeness (QED) is 0.758. The van der Waals surface area contributed by atoms with E-state index in [0.29, 0.717) is 5.56 Å². The molecule has 19 heavy (non-hydrogen) atoms. The Balaban J connectivity index is 2.25. The first-order valence-corrected chi connectivity index (χ1v) is 6.00. The highest BCUT2D eigenvalue weighted by atomic mass is 16.1. The van der Waals surface area contributed by atoms with Crippen LogP contribution in [0.5, 0.6) is 0 Å². The van der Waals surface area contributed by atoms with Crippen molar-refractivity contribution in [3.05, 3.63) is 66.4 Å². The number of amides is 1. The van der Waals surface area contributed by atoms with Gasteiger partial charge < -0.3 is 5.73 Å². The maximum Gasteiger partial charge on any atom is 0.249 e. The van der Waals surface area contributed by atoms with E-state index in [0.717, 1.165) is 22.0 Å². The fourth-order valence-corrected chi connectivity index (χ4v) is 2.15. The summed E-state index contributed by atoms with van der Waals surface area (Å²) in [4.78, 5) is 15.8. The van der Waals surface area contributed by atoms with Gasteiger partial charge in [0.15, 0.2) is 0 Å². The van der Waals surface area contributed by atoms with E-state index in [4.69, 9.17) is 5.73 Å². The summed E-state index contributed by atoms with van der Waals surface area (Å²) in [7, 11) is 0. The summed E-state index contributed by atoms with van der Waals surface area (Å²) in [5, 5.41) is 0.788. The fourth-order valence-electron chi connectivity index (χ4n) is 2.15. The minimum Gasteiger partial charge on any atom is -0.366 e. The standard InChI is InChI=1S/C16H12N2O/c17-16(19)13-7-4-8-15-14(13)9-12(10-18-15)11-5-2-1-3-6-11/h1-10H,(H2,17,19). The second kappa shape index (κ2) is 4.53. The highest BCUT2D eigenvalue weighted by Crippen LogP contribution is 2.24. The largest absolute Gasteiger partial charge is 0.366 e. The van der Waals surface area contributed by atoms with Crippen molar-refractivity contribution in [2.24, 2.45) is 5.73 Å². The number of benzene rings is 2. The smallest absolute Gasteiger partial charge is 0.249 e. The monoisotopic (exact) mass is 248 g/mol. The lowest BCUT2D eigenvalue weighted by atomic mass is 10.0. The highest BCUT2D eigenvalue weighted by molar-refractivity contribution is 6.06. The van der Waals surface area contributed by atoms with Crippen molar-refractivity contribution in [2.45, 2.75) is 0 Å². The van der Waals surface area contributed by atoms with Crippen LogP contribution in [-0.2, 0) is 0 Å². The van der Waals surface area contributed by atoms with Crippen LogP contribution >= 0.6 is 0 Å². The van der Waals surface area contributed by atoms with Crippen LogP contribution < -0.4 is 5.73 Å². The van der Waals surface area contributed by atoms with Gasteiger partial charge in [0.2, 0.25) is 5.91 Å². The molecule has 0 aliphatic heterocycles. The van der Waals surface area contributed by atoms with Crippen molar-refractivity contribution >= 4 is 16.8 Å². The van der Waals surface area contributed by atoms with Gasteiger partial charge in [-0.05, 0) is 23.8 Å². The number of pyridine rings is 1. The normalized spacial score (nSPS) is 10.5. The van der Waals surface area contributed by atoms with E-state index in [1.165, 1.54) is 0 Å². The van der Waals surface area contributed by atoms with Gasteiger partial charge >= 0.3 is 0 Å². The van der Waals surface area contributed by atoms with Gasteiger partial charge in [-0.2, -0.15) is 0 Å². The molecule has 0 bridgehead atoms. The van der Waals surface area contributed by atoms with Crippen LogP contribution in [0.15, 0.2) is 60.8 Å². The molecule has 2 aromatic carbocycles. The number of primary amides is 1.